The summed E-state index contributed by atoms with van der Waals surface area (Å²) in [6, 6.07) is 7.85. The van der Waals surface area contributed by atoms with Gasteiger partial charge in [-0.25, -0.2) is 4.79 Å². The van der Waals surface area contributed by atoms with Crippen molar-refractivity contribution in [3.8, 4) is 0 Å². The van der Waals surface area contributed by atoms with E-state index in [1.165, 1.54) is 0 Å². The molecule has 1 unspecified atom stereocenters. The minimum Gasteiger partial charge on any atom is -0.479 e. The number of rotatable bonds is 5. The lowest BCUT2D eigenvalue weighted by molar-refractivity contribution is -0.148. The maximum absolute atomic E-state index is 12.4. The Morgan fingerprint density at radius 3 is 2.72 bits per heavy atom. The Labute approximate surface area is 166 Å². The molecule has 25 heavy (non-hydrogen) atoms. The minimum absolute atomic E-state index is 0.221. The molecule has 1 aromatic carbocycles. The number of thiophene rings is 1. The fourth-order valence-electron chi connectivity index (χ4n) is 3.18. The van der Waals surface area contributed by atoms with Crippen LogP contribution in [-0.4, -0.2) is 22.5 Å². The average molecular weight is 487 g/mol. The number of hydrogen-bond acceptors (Lipinski definition) is 3. The van der Waals surface area contributed by atoms with Crippen LogP contribution in [0.2, 0.25) is 0 Å². The molecule has 0 saturated heterocycles. The Balaban J connectivity index is 1.71. The molecule has 0 radical (unpaired) electrons. The summed E-state index contributed by atoms with van der Waals surface area (Å²) in [5, 5.41) is 14.6. The summed E-state index contributed by atoms with van der Waals surface area (Å²) in [4.78, 5) is 24.3. The maximum Gasteiger partial charge on any atom is 0.329 e. The van der Waals surface area contributed by atoms with Gasteiger partial charge in [-0.2, -0.15) is 0 Å². The van der Waals surface area contributed by atoms with E-state index in [0.717, 1.165) is 24.9 Å². The fourth-order valence-corrected chi connectivity index (χ4v) is 4.92. The number of carboxylic acids is 1. The van der Waals surface area contributed by atoms with Gasteiger partial charge in [-0.15, -0.1) is 11.3 Å². The van der Waals surface area contributed by atoms with E-state index >= 15 is 0 Å². The molecule has 3 rings (SSSR count). The van der Waals surface area contributed by atoms with Crippen LogP contribution in [0.4, 0.5) is 0 Å². The van der Waals surface area contributed by atoms with Crippen molar-refractivity contribution in [3.05, 3.63) is 54.6 Å². The van der Waals surface area contributed by atoms with Crippen LogP contribution in [0.25, 0.3) is 0 Å². The van der Waals surface area contributed by atoms with E-state index in [-0.39, 0.29) is 12.3 Å². The van der Waals surface area contributed by atoms with Gasteiger partial charge in [-0.05, 0) is 75.5 Å². The van der Waals surface area contributed by atoms with Gasteiger partial charge in [0.25, 0.3) is 0 Å². The number of amides is 1. The summed E-state index contributed by atoms with van der Waals surface area (Å²) >= 11 is 8.48. The third-order valence-electron chi connectivity index (χ3n) is 4.58. The van der Waals surface area contributed by atoms with Gasteiger partial charge in [-0.3, -0.25) is 4.79 Å². The maximum atomic E-state index is 12.4. The molecule has 1 aromatic heterocycles. The largest absolute Gasteiger partial charge is 0.479 e. The molecular weight excluding hydrogens is 470 g/mol. The summed E-state index contributed by atoms with van der Waals surface area (Å²) in [7, 11) is 0. The van der Waals surface area contributed by atoms with Crippen LogP contribution in [0.3, 0.4) is 0 Å². The van der Waals surface area contributed by atoms with Gasteiger partial charge < -0.3 is 10.4 Å². The average Bonchev–Trinajstić information content (AvgIpc) is 2.98. The summed E-state index contributed by atoms with van der Waals surface area (Å²) in [5.74, 6) is -1.19. The van der Waals surface area contributed by atoms with E-state index in [1.807, 2.05) is 29.6 Å². The molecule has 7 heteroatoms. The van der Waals surface area contributed by atoms with Gasteiger partial charge in [0.1, 0.15) is 5.54 Å². The first-order chi connectivity index (χ1) is 11.9. The number of fused-ring (bicyclic) bond motifs is 1. The van der Waals surface area contributed by atoms with Crippen molar-refractivity contribution in [2.45, 2.75) is 37.6 Å². The smallest absolute Gasteiger partial charge is 0.329 e. The van der Waals surface area contributed by atoms with Crippen molar-refractivity contribution >= 4 is 55.1 Å². The van der Waals surface area contributed by atoms with Crippen molar-refractivity contribution < 1.29 is 14.7 Å². The first-order valence-electron chi connectivity index (χ1n) is 7.93. The quantitative estimate of drug-likeness (QED) is 0.660. The van der Waals surface area contributed by atoms with Crippen molar-refractivity contribution in [3.63, 3.8) is 0 Å². The van der Waals surface area contributed by atoms with E-state index < -0.39 is 11.5 Å². The highest BCUT2D eigenvalue weighted by molar-refractivity contribution is 9.11. The summed E-state index contributed by atoms with van der Waals surface area (Å²) in [6.45, 7) is 0. The number of benzene rings is 1. The SMILES string of the molecule is O=C(CCc1ccsc1Br)NC1(C(=O)O)CCc2cc(Br)ccc2C1. The zero-order chi connectivity index (χ0) is 18.0. The monoisotopic (exact) mass is 485 g/mol. The van der Waals surface area contributed by atoms with Crippen LogP contribution in [0.5, 0.6) is 0 Å². The van der Waals surface area contributed by atoms with Crippen molar-refractivity contribution in [2.75, 3.05) is 0 Å². The molecule has 1 heterocycles. The highest BCUT2D eigenvalue weighted by Crippen LogP contribution is 2.31. The van der Waals surface area contributed by atoms with Crippen molar-refractivity contribution in [1.82, 2.24) is 5.32 Å². The predicted octanol–water partition coefficient (Wildman–Crippen LogP) is 4.33. The van der Waals surface area contributed by atoms with Gasteiger partial charge in [0, 0.05) is 17.3 Å². The van der Waals surface area contributed by atoms with E-state index in [4.69, 9.17) is 0 Å². The lowest BCUT2D eigenvalue weighted by Crippen LogP contribution is -2.57. The molecule has 0 spiro atoms. The van der Waals surface area contributed by atoms with E-state index in [0.29, 0.717) is 25.7 Å². The molecular formula is C18H17Br2NO3S. The topological polar surface area (TPSA) is 66.4 Å². The van der Waals surface area contributed by atoms with Gasteiger partial charge in [0.15, 0.2) is 0 Å². The van der Waals surface area contributed by atoms with Crippen LogP contribution >= 0.6 is 43.2 Å². The number of carbonyl (C=O) groups excluding carboxylic acids is 1. The molecule has 2 N–H and O–H groups in total. The molecule has 0 bridgehead atoms. The number of carbonyl (C=O) groups is 2. The molecule has 0 fully saturated rings. The van der Waals surface area contributed by atoms with Gasteiger partial charge in [-0.1, -0.05) is 22.0 Å². The lowest BCUT2D eigenvalue weighted by atomic mass is 9.77. The van der Waals surface area contributed by atoms with Crippen LogP contribution in [0, 0.1) is 0 Å². The molecule has 1 aliphatic rings. The van der Waals surface area contributed by atoms with Gasteiger partial charge in [0.05, 0.1) is 3.79 Å². The molecule has 1 aliphatic carbocycles. The van der Waals surface area contributed by atoms with Crippen molar-refractivity contribution in [1.29, 1.82) is 0 Å². The number of hydrogen-bond donors (Lipinski definition) is 2. The molecule has 2 aromatic rings. The lowest BCUT2D eigenvalue weighted by Gasteiger charge is -2.35. The minimum atomic E-state index is -1.22. The first-order valence-corrected chi connectivity index (χ1v) is 10.4. The molecule has 1 atom stereocenters. The molecule has 0 aliphatic heterocycles. The normalized spacial score (nSPS) is 19.3. The number of nitrogens with one attached hydrogen (secondary N) is 1. The van der Waals surface area contributed by atoms with Crippen molar-refractivity contribution in [2.24, 2.45) is 0 Å². The van der Waals surface area contributed by atoms with E-state index in [1.54, 1.807) is 11.3 Å². The second-order valence-corrected chi connectivity index (χ2v) is 9.39. The van der Waals surface area contributed by atoms with Gasteiger partial charge >= 0.3 is 5.97 Å². The molecule has 4 nitrogen and oxygen atoms in total. The zero-order valence-corrected chi connectivity index (χ0v) is 17.3. The van der Waals surface area contributed by atoms with Crippen LogP contribution < -0.4 is 5.32 Å². The van der Waals surface area contributed by atoms with E-state index in [9.17, 15) is 14.7 Å². The highest BCUT2D eigenvalue weighted by Gasteiger charge is 2.42. The molecule has 1 amide bonds. The predicted molar refractivity (Wildman–Crippen MR) is 105 cm³/mol. The number of aryl methyl sites for hydroxylation is 2. The van der Waals surface area contributed by atoms with E-state index in [2.05, 4.69) is 37.2 Å². The van der Waals surface area contributed by atoms with Crippen LogP contribution in [0.1, 0.15) is 29.5 Å². The van der Waals surface area contributed by atoms with Crippen LogP contribution in [-0.2, 0) is 28.9 Å². The molecule has 132 valence electrons. The highest BCUT2D eigenvalue weighted by atomic mass is 79.9. The van der Waals surface area contributed by atoms with Gasteiger partial charge in [0.2, 0.25) is 5.91 Å². The number of aliphatic carboxylic acids is 1. The Morgan fingerprint density at radius 1 is 1.24 bits per heavy atom. The van der Waals surface area contributed by atoms with Crippen LogP contribution in [0.15, 0.2) is 37.9 Å². The number of carboxylic acid groups (broad SMARTS) is 1. The molecule has 0 saturated carbocycles. The summed E-state index contributed by atoms with van der Waals surface area (Å²) in [6.07, 6.45) is 2.22. The second kappa shape index (κ2) is 7.60. The Bertz CT molecular complexity index is 820. The fraction of sp³-hybridized carbons (Fsp3) is 0.333. The Kier molecular flexibility index (Phi) is 5.65. The summed E-state index contributed by atoms with van der Waals surface area (Å²) < 4.78 is 2.00. The second-order valence-electron chi connectivity index (χ2n) is 6.24. The Morgan fingerprint density at radius 2 is 2.04 bits per heavy atom. The summed E-state index contributed by atoms with van der Waals surface area (Å²) in [5.41, 5.74) is 1.98. The first kappa shape index (κ1) is 18.6. The zero-order valence-electron chi connectivity index (χ0n) is 13.4. The Hall–Kier alpha value is -1.18. The third kappa shape index (κ3) is 4.15. The standard InChI is InChI=1S/C18H17Br2NO3S/c19-14-3-1-13-10-18(17(23)24,7-5-12(13)9-14)21-15(22)4-2-11-6-8-25-16(11)20/h1,3,6,8-9H,2,4-5,7,10H2,(H,21,22)(H,23,24). The number of halogens is 2. The third-order valence-corrected chi connectivity index (χ3v) is 6.89.